The molecule has 0 saturated carbocycles. The van der Waals surface area contributed by atoms with Gasteiger partial charge in [0, 0.05) is 0 Å². The molecule has 224 valence electrons. The number of benzene rings is 4. The van der Waals surface area contributed by atoms with E-state index in [0.717, 1.165) is 11.1 Å². The van der Waals surface area contributed by atoms with Crippen molar-refractivity contribution in [2.45, 2.75) is 33.4 Å². The zero-order chi connectivity index (χ0) is 31.1. The van der Waals surface area contributed by atoms with Gasteiger partial charge in [-0.2, -0.15) is 0 Å². The molecule has 0 radical (unpaired) electrons. The minimum atomic E-state index is -0.705. The van der Waals surface area contributed by atoms with E-state index < -0.39 is 25.2 Å². The van der Waals surface area contributed by atoms with Gasteiger partial charge in [-0.05, 0) is 94.4 Å². The Bertz CT molecular complexity index is 1630. The molecule has 0 aliphatic heterocycles. The van der Waals surface area contributed by atoms with Gasteiger partial charge in [0.15, 0.2) is 11.5 Å². The third-order valence-electron chi connectivity index (χ3n) is 6.93. The summed E-state index contributed by atoms with van der Waals surface area (Å²) in [7, 11) is 2.90. The minimum Gasteiger partial charge on any atom is -0.493 e. The lowest BCUT2D eigenvalue weighted by atomic mass is 9.99. The number of hydrogen-bond acceptors (Lipinski definition) is 10. The first-order valence-electron chi connectivity index (χ1n) is 13.2. The molecule has 0 atom stereocenters. The number of carbonyl (C=O) groups excluding carboxylic acids is 2. The van der Waals surface area contributed by atoms with Crippen LogP contribution in [0, 0.1) is 6.92 Å². The van der Waals surface area contributed by atoms with Crippen molar-refractivity contribution in [2.24, 2.45) is 0 Å². The van der Waals surface area contributed by atoms with Crippen LogP contribution in [0.25, 0.3) is 11.1 Å². The summed E-state index contributed by atoms with van der Waals surface area (Å²) in [4.78, 5) is 25.8. The van der Waals surface area contributed by atoms with Crippen LogP contribution in [0.2, 0.25) is 0 Å². The molecule has 0 unspecified atom stereocenters. The maximum absolute atomic E-state index is 13.0. The van der Waals surface area contributed by atoms with Crippen LogP contribution in [0.5, 0.6) is 23.0 Å². The van der Waals surface area contributed by atoms with E-state index in [0.29, 0.717) is 45.3 Å². The predicted molar refractivity (Wildman–Crippen MR) is 156 cm³/mol. The number of aliphatic hydroxyl groups excluding tert-OH is 4. The van der Waals surface area contributed by atoms with E-state index in [2.05, 4.69) is 0 Å². The highest BCUT2D eigenvalue weighted by Crippen LogP contribution is 2.32. The summed E-state index contributed by atoms with van der Waals surface area (Å²) in [5.41, 5.74) is 3.95. The number of esters is 2. The van der Waals surface area contributed by atoms with Crippen molar-refractivity contribution in [2.75, 3.05) is 14.2 Å². The van der Waals surface area contributed by atoms with Crippen LogP contribution in [-0.4, -0.2) is 46.6 Å². The largest absolute Gasteiger partial charge is 0.493 e. The molecule has 0 amide bonds. The normalized spacial score (nSPS) is 10.8. The van der Waals surface area contributed by atoms with E-state index >= 15 is 0 Å². The third kappa shape index (κ3) is 6.85. The van der Waals surface area contributed by atoms with Gasteiger partial charge in [0.2, 0.25) is 0 Å². The molecule has 0 aromatic heterocycles. The van der Waals surface area contributed by atoms with E-state index in [-0.39, 0.29) is 29.9 Å². The summed E-state index contributed by atoms with van der Waals surface area (Å²) in [6.45, 7) is 0.225. The molecule has 0 fully saturated rings. The number of methoxy groups -OCH3 is 2. The van der Waals surface area contributed by atoms with Gasteiger partial charge >= 0.3 is 11.9 Å². The molecule has 0 aliphatic rings. The zero-order valence-electron chi connectivity index (χ0n) is 23.9. The SMILES string of the molecule is COc1cc(CO)c(C(=O)Oc2ccc(-c3ccc(OC(=O)c4cc(CO)c(CO)cc4CO)c(C)c3)cc2)cc1OC. The van der Waals surface area contributed by atoms with Gasteiger partial charge in [-0.15, -0.1) is 0 Å². The number of hydrogen-bond donors (Lipinski definition) is 4. The summed E-state index contributed by atoms with van der Waals surface area (Å²) in [6, 6.07) is 17.9. The number of ether oxygens (including phenoxy) is 4. The van der Waals surface area contributed by atoms with Crippen molar-refractivity contribution in [1.29, 1.82) is 0 Å². The van der Waals surface area contributed by atoms with Crippen molar-refractivity contribution >= 4 is 11.9 Å². The smallest absolute Gasteiger partial charge is 0.344 e. The van der Waals surface area contributed by atoms with Crippen LogP contribution in [0.3, 0.4) is 0 Å². The summed E-state index contributed by atoms with van der Waals surface area (Å²) < 4.78 is 21.6. The van der Waals surface area contributed by atoms with E-state index in [9.17, 15) is 30.0 Å². The monoisotopic (exact) mass is 588 g/mol. The van der Waals surface area contributed by atoms with Crippen molar-refractivity contribution in [3.63, 3.8) is 0 Å². The van der Waals surface area contributed by atoms with Crippen molar-refractivity contribution in [3.05, 3.63) is 106 Å². The van der Waals surface area contributed by atoms with Crippen molar-refractivity contribution in [1.82, 2.24) is 0 Å². The molecular formula is C33H32O10. The molecule has 0 heterocycles. The van der Waals surface area contributed by atoms with E-state index in [1.165, 1.54) is 38.5 Å². The molecule has 10 nitrogen and oxygen atoms in total. The quantitative estimate of drug-likeness (QED) is 0.149. The van der Waals surface area contributed by atoms with Crippen LogP contribution in [0.1, 0.15) is 48.5 Å². The van der Waals surface area contributed by atoms with Gasteiger partial charge in [-0.25, -0.2) is 9.59 Å². The molecule has 0 aliphatic carbocycles. The maximum Gasteiger partial charge on any atom is 0.344 e. The molecule has 0 spiro atoms. The number of aliphatic hydroxyl groups is 4. The minimum absolute atomic E-state index is 0.0940. The first-order valence-corrected chi connectivity index (χ1v) is 13.2. The fourth-order valence-electron chi connectivity index (χ4n) is 4.57. The standard InChI is InChI=1S/C33H32O10/c1-19-10-21(6-9-29(19)43-33(39)27-12-23(16-35)22(15-34)11-24(27)17-36)20-4-7-26(8-5-20)42-32(38)28-14-31(41-3)30(40-2)13-25(28)18-37/h4-14,34-37H,15-18H2,1-3H3. The Morgan fingerprint density at radius 3 is 1.65 bits per heavy atom. The summed E-state index contributed by atoms with van der Waals surface area (Å²) >= 11 is 0. The second-order valence-corrected chi connectivity index (χ2v) is 9.56. The van der Waals surface area contributed by atoms with Crippen LogP contribution in [0.15, 0.2) is 66.7 Å². The van der Waals surface area contributed by atoms with Gasteiger partial charge in [0.05, 0.1) is 51.8 Å². The Morgan fingerprint density at radius 1 is 0.558 bits per heavy atom. The Hall–Kier alpha value is -4.74. The lowest BCUT2D eigenvalue weighted by molar-refractivity contribution is 0.0721. The average Bonchev–Trinajstić information content (AvgIpc) is 3.04. The van der Waals surface area contributed by atoms with Crippen molar-refractivity contribution in [3.8, 4) is 34.1 Å². The molecule has 4 aromatic rings. The molecule has 10 heteroatoms. The molecular weight excluding hydrogens is 556 g/mol. The fraction of sp³-hybridized carbons (Fsp3) is 0.212. The van der Waals surface area contributed by atoms with Gasteiger partial charge in [-0.3, -0.25) is 0 Å². The summed E-state index contributed by atoms with van der Waals surface area (Å²) in [5.74, 6) is -0.0513. The Kier molecular flexibility index (Phi) is 10.1. The highest BCUT2D eigenvalue weighted by molar-refractivity contribution is 5.94. The zero-order valence-corrected chi connectivity index (χ0v) is 23.9. The highest BCUT2D eigenvalue weighted by atomic mass is 16.5. The van der Waals surface area contributed by atoms with E-state index in [1.54, 1.807) is 43.3 Å². The summed E-state index contributed by atoms with van der Waals surface area (Å²) in [6.07, 6.45) is 0. The molecule has 0 saturated heterocycles. The third-order valence-corrected chi connectivity index (χ3v) is 6.93. The predicted octanol–water partition coefficient (Wildman–Crippen LogP) is 4.09. The van der Waals surface area contributed by atoms with Gasteiger partial charge < -0.3 is 39.4 Å². The van der Waals surface area contributed by atoms with Crippen molar-refractivity contribution < 1.29 is 49.0 Å². The number of carbonyl (C=O) groups is 2. The second-order valence-electron chi connectivity index (χ2n) is 9.56. The fourth-order valence-corrected chi connectivity index (χ4v) is 4.57. The lowest BCUT2D eigenvalue weighted by Gasteiger charge is -2.14. The Morgan fingerprint density at radius 2 is 1.07 bits per heavy atom. The van der Waals surface area contributed by atoms with Crippen LogP contribution in [-0.2, 0) is 26.4 Å². The van der Waals surface area contributed by atoms with E-state index in [1.807, 2.05) is 6.07 Å². The summed E-state index contributed by atoms with van der Waals surface area (Å²) in [5, 5.41) is 38.5. The molecule has 0 bridgehead atoms. The Labute approximate surface area is 248 Å². The molecule has 43 heavy (non-hydrogen) atoms. The van der Waals surface area contributed by atoms with Gasteiger partial charge in [-0.1, -0.05) is 18.2 Å². The van der Waals surface area contributed by atoms with Crippen LogP contribution >= 0.6 is 0 Å². The average molecular weight is 589 g/mol. The Balaban J connectivity index is 1.50. The van der Waals surface area contributed by atoms with Crippen LogP contribution < -0.4 is 18.9 Å². The van der Waals surface area contributed by atoms with Gasteiger partial charge in [0.25, 0.3) is 0 Å². The molecule has 4 N–H and O–H groups in total. The maximum atomic E-state index is 13.0. The molecule has 4 aromatic carbocycles. The first-order chi connectivity index (χ1) is 20.8. The topological polar surface area (TPSA) is 152 Å². The number of rotatable bonds is 11. The molecule has 4 rings (SSSR count). The highest BCUT2D eigenvalue weighted by Gasteiger charge is 2.20. The second kappa shape index (κ2) is 14.0. The first kappa shape index (κ1) is 31.2. The number of aryl methyl sites for hydroxylation is 1. The van der Waals surface area contributed by atoms with Crippen LogP contribution in [0.4, 0.5) is 0 Å². The van der Waals surface area contributed by atoms with E-state index in [4.69, 9.17) is 18.9 Å². The van der Waals surface area contributed by atoms with Gasteiger partial charge in [0.1, 0.15) is 11.5 Å². The lowest BCUT2D eigenvalue weighted by Crippen LogP contribution is -2.14.